The molecule has 1 aliphatic carbocycles. The van der Waals surface area contributed by atoms with Gasteiger partial charge in [-0.3, -0.25) is 19.3 Å². The number of amides is 2. The topological polar surface area (TPSA) is 112 Å². The number of aryl methyl sites for hydroxylation is 1. The first-order valence-electron chi connectivity index (χ1n) is 9.26. The van der Waals surface area contributed by atoms with Crippen molar-refractivity contribution in [3.05, 3.63) is 29.3 Å². The van der Waals surface area contributed by atoms with Gasteiger partial charge in [0.25, 0.3) is 0 Å². The molecule has 1 saturated heterocycles. The van der Waals surface area contributed by atoms with Crippen LogP contribution in [0, 0.1) is 18.8 Å². The van der Waals surface area contributed by atoms with Gasteiger partial charge in [-0.05, 0) is 37.0 Å². The molecule has 1 aromatic carbocycles. The molecule has 0 unspecified atom stereocenters. The fourth-order valence-corrected chi connectivity index (χ4v) is 5.42. The molecule has 0 spiro atoms. The number of hydrogen-bond acceptors (Lipinski definition) is 5. The summed E-state index contributed by atoms with van der Waals surface area (Å²) in [6.07, 6.45) is 3.33. The summed E-state index contributed by atoms with van der Waals surface area (Å²) in [6, 6.07) is 4.72. The van der Waals surface area contributed by atoms with Gasteiger partial charge in [-0.1, -0.05) is 25.0 Å². The van der Waals surface area contributed by atoms with E-state index >= 15 is 0 Å². The Kier molecular flexibility index (Phi) is 5.58. The predicted octanol–water partition coefficient (Wildman–Crippen LogP) is 1.38. The minimum Gasteiger partial charge on any atom is -0.480 e. The van der Waals surface area contributed by atoms with Gasteiger partial charge in [-0.2, -0.15) is 4.31 Å². The lowest BCUT2D eigenvalue weighted by molar-refractivity contribution is -0.141. The van der Waals surface area contributed by atoms with Crippen molar-refractivity contribution in [2.45, 2.75) is 44.0 Å². The van der Waals surface area contributed by atoms with E-state index in [1.165, 1.54) is 18.0 Å². The lowest BCUT2D eigenvalue weighted by Crippen LogP contribution is -2.33. The molecule has 1 saturated carbocycles. The SMILES string of the molecule is Cc1ccc(CN2C(=O)[C@H]3CCCC[C@@H]3C2=O)cc1S(=O)(=O)N(C)CC(=O)O. The number of imide groups is 1. The molecule has 2 amide bonds. The van der Waals surface area contributed by atoms with E-state index in [0.29, 0.717) is 11.1 Å². The van der Waals surface area contributed by atoms with E-state index in [9.17, 15) is 22.8 Å². The third-order valence-corrected chi connectivity index (χ3v) is 7.52. The molecule has 152 valence electrons. The quantitative estimate of drug-likeness (QED) is 0.712. The molecule has 2 fully saturated rings. The minimum atomic E-state index is -4.00. The van der Waals surface area contributed by atoms with Gasteiger partial charge in [0.15, 0.2) is 0 Å². The van der Waals surface area contributed by atoms with E-state index in [1.54, 1.807) is 19.1 Å². The molecule has 0 aromatic heterocycles. The van der Waals surface area contributed by atoms with Gasteiger partial charge in [-0.15, -0.1) is 0 Å². The summed E-state index contributed by atoms with van der Waals surface area (Å²) in [5.74, 6) is -2.12. The van der Waals surface area contributed by atoms with Crippen LogP contribution in [0.1, 0.15) is 36.8 Å². The number of fused-ring (bicyclic) bond motifs is 1. The first kappa shape index (κ1) is 20.5. The maximum Gasteiger partial charge on any atom is 0.318 e. The van der Waals surface area contributed by atoms with Crippen LogP contribution >= 0.6 is 0 Å². The van der Waals surface area contributed by atoms with Gasteiger partial charge in [0.2, 0.25) is 21.8 Å². The van der Waals surface area contributed by atoms with Crippen LogP contribution in [0.2, 0.25) is 0 Å². The summed E-state index contributed by atoms with van der Waals surface area (Å²) in [5.41, 5.74) is 0.988. The Labute approximate surface area is 164 Å². The van der Waals surface area contributed by atoms with Crippen LogP contribution in [0.15, 0.2) is 23.1 Å². The van der Waals surface area contributed by atoms with Gasteiger partial charge in [-0.25, -0.2) is 8.42 Å². The Bertz CT molecular complexity index is 902. The number of sulfonamides is 1. The van der Waals surface area contributed by atoms with Crippen LogP contribution in [-0.2, 0) is 31.0 Å². The van der Waals surface area contributed by atoms with E-state index in [0.717, 1.165) is 30.0 Å². The summed E-state index contributed by atoms with van der Waals surface area (Å²) in [5, 5.41) is 8.88. The fraction of sp³-hybridized carbons (Fsp3) is 0.526. The average molecular weight is 408 g/mol. The maximum absolute atomic E-state index is 12.7. The van der Waals surface area contributed by atoms with Crippen LogP contribution in [0.25, 0.3) is 0 Å². The van der Waals surface area contributed by atoms with E-state index < -0.39 is 22.5 Å². The van der Waals surface area contributed by atoms with Gasteiger partial charge in [0.1, 0.15) is 6.54 Å². The van der Waals surface area contributed by atoms with Crippen molar-refractivity contribution in [1.82, 2.24) is 9.21 Å². The average Bonchev–Trinajstić information content (AvgIpc) is 2.88. The van der Waals surface area contributed by atoms with Crippen molar-refractivity contribution in [1.29, 1.82) is 0 Å². The molecular weight excluding hydrogens is 384 g/mol. The predicted molar refractivity (Wildman–Crippen MR) is 99.6 cm³/mol. The second kappa shape index (κ2) is 7.63. The first-order valence-corrected chi connectivity index (χ1v) is 10.7. The van der Waals surface area contributed by atoms with Crippen molar-refractivity contribution < 1.29 is 27.9 Å². The van der Waals surface area contributed by atoms with Gasteiger partial charge in [0.05, 0.1) is 23.3 Å². The Hall–Kier alpha value is -2.26. The number of likely N-dealkylation sites (tertiary alicyclic amines) is 1. The largest absolute Gasteiger partial charge is 0.480 e. The summed E-state index contributed by atoms with van der Waals surface area (Å²) in [4.78, 5) is 37.4. The summed E-state index contributed by atoms with van der Waals surface area (Å²) in [7, 11) is -2.80. The zero-order valence-corrected chi connectivity index (χ0v) is 16.7. The molecule has 1 aliphatic heterocycles. The highest BCUT2D eigenvalue weighted by Gasteiger charge is 2.47. The Morgan fingerprint density at radius 1 is 1.18 bits per heavy atom. The van der Waals surface area contributed by atoms with E-state index in [2.05, 4.69) is 0 Å². The summed E-state index contributed by atoms with van der Waals surface area (Å²) < 4.78 is 26.2. The fourth-order valence-electron chi connectivity index (χ4n) is 4.03. The number of carboxylic acid groups (broad SMARTS) is 1. The zero-order valence-electron chi connectivity index (χ0n) is 15.9. The number of rotatable bonds is 6. The molecule has 1 heterocycles. The Balaban J connectivity index is 1.87. The van der Waals surface area contributed by atoms with E-state index in [-0.39, 0.29) is 35.1 Å². The normalized spacial score (nSPS) is 22.6. The van der Waals surface area contributed by atoms with Crippen LogP contribution in [-0.4, -0.2) is 54.1 Å². The number of benzene rings is 1. The Morgan fingerprint density at radius 2 is 1.75 bits per heavy atom. The van der Waals surface area contributed by atoms with Crippen LogP contribution in [0.3, 0.4) is 0 Å². The van der Waals surface area contributed by atoms with Crippen LogP contribution in [0.5, 0.6) is 0 Å². The number of likely N-dealkylation sites (N-methyl/N-ethyl adjacent to an activating group) is 1. The molecule has 1 N–H and O–H groups in total. The summed E-state index contributed by atoms with van der Waals surface area (Å²) >= 11 is 0. The lowest BCUT2D eigenvalue weighted by atomic mass is 9.81. The number of carbonyl (C=O) groups is 3. The molecule has 3 rings (SSSR count). The maximum atomic E-state index is 12.7. The van der Waals surface area contributed by atoms with Crippen molar-refractivity contribution in [2.75, 3.05) is 13.6 Å². The second-order valence-electron chi connectivity index (χ2n) is 7.51. The number of aliphatic carboxylic acids is 1. The molecular formula is C19H24N2O6S. The van der Waals surface area contributed by atoms with Crippen molar-refractivity contribution in [3.63, 3.8) is 0 Å². The lowest BCUT2D eigenvalue weighted by Gasteiger charge is -2.19. The highest BCUT2D eigenvalue weighted by atomic mass is 32.2. The molecule has 2 aliphatic rings. The van der Waals surface area contributed by atoms with Crippen molar-refractivity contribution >= 4 is 27.8 Å². The van der Waals surface area contributed by atoms with Gasteiger partial charge in [0, 0.05) is 7.05 Å². The van der Waals surface area contributed by atoms with Crippen molar-refractivity contribution in [3.8, 4) is 0 Å². The molecule has 8 nitrogen and oxygen atoms in total. The molecule has 0 radical (unpaired) electrons. The highest BCUT2D eigenvalue weighted by Crippen LogP contribution is 2.38. The van der Waals surface area contributed by atoms with Crippen LogP contribution in [0.4, 0.5) is 0 Å². The third-order valence-electron chi connectivity index (χ3n) is 5.57. The smallest absolute Gasteiger partial charge is 0.318 e. The van der Waals surface area contributed by atoms with E-state index in [1.807, 2.05) is 0 Å². The molecule has 9 heteroatoms. The highest BCUT2D eigenvalue weighted by molar-refractivity contribution is 7.89. The van der Waals surface area contributed by atoms with Gasteiger partial charge < -0.3 is 5.11 Å². The molecule has 1 aromatic rings. The van der Waals surface area contributed by atoms with Crippen molar-refractivity contribution in [2.24, 2.45) is 11.8 Å². The van der Waals surface area contributed by atoms with Crippen LogP contribution < -0.4 is 0 Å². The molecule has 2 atom stereocenters. The Morgan fingerprint density at radius 3 is 2.29 bits per heavy atom. The number of hydrogen-bond donors (Lipinski definition) is 1. The molecule has 0 bridgehead atoms. The minimum absolute atomic E-state index is 0.0229. The van der Waals surface area contributed by atoms with E-state index in [4.69, 9.17) is 5.11 Å². The first-order chi connectivity index (χ1) is 13.1. The number of carbonyl (C=O) groups excluding carboxylic acids is 2. The zero-order chi connectivity index (χ0) is 20.6. The summed E-state index contributed by atoms with van der Waals surface area (Å²) in [6.45, 7) is 0.987. The number of carboxylic acids is 1. The number of nitrogens with zero attached hydrogens (tertiary/aromatic N) is 2. The second-order valence-corrected chi connectivity index (χ2v) is 9.53. The molecule has 28 heavy (non-hydrogen) atoms. The van der Waals surface area contributed by atoms with Gasteiger partial charge >= 0.3 is 5.97 Å². The third kappa shape index (κ3) is 3.68. The monoisotopic (exact) mass is 408 g/mol. The standard InChI is InChI=1S/C19H24N2O6S/c1-12-7-8-13(9-16(12)28(26,27)20(2)11-17(22)23)10-21-18(24)14-5-3-4-6-15(14)19(21)25/h7-9,14-15H,3-6,10-11H2,1-2H3,(H,22,23)/t14-,15-/m0/s1.